The van der Waals surface area contributed by atoms with E-state index in [1.54, 1.807) is 12.1 Å². The minimum absolute atomic E-state index is 0.207. The van der Waals surface area contributed by atoms with Crippen LogP contribution >= 0.6 is 12.2 Å². The molecule has 2 aromatic rings. The summed E-state index contributed by atoms with van der Waals surface area (Å²) in [6.07, 6.45) is 0. The molecule has 1 aromatic carbocycles. The Labute approximate surface area is 85.2 Å². The van der Waals surface area contributed by atoms with Gasteiger partial charge in [0.05, 0.1) is 0 Å². The van der Waals surface area contributed by atoms with E-state index in [0.29, 0.717) is 0 Å². The summed E-state index contributed by atoms with van der Waals surface area (Å²) >= 11 is 4.87. The molecule has 0 aliphatic carbocycles. The van der Waals surface area contributed by atoms with Crippen LogP contribution in [-0.4, -0.2) is 10.2 Å². The summed E-state index contributed by atoms with van der Waals surface area (Å²) in [7, 11) is 0. The van der Waals surface area contributed by atoms with Crippen LogP contribution in [0.2, 0.25) is 0 Å². The van der Waals surface area contributed by atoms with Crippen molar-refractivity contribution in [3.8, 4) is 11.5 Å². The molecule has 2 N–H and O–H groups in total. The number of aryl methyl sites for hydroxylation is 1. The van der Waals surface area contributed by atoms with Crippen molar-refractivity contribution in [1.82, 2.24) is 0 Å². The van der Waals surface area contributed by atoms with Crippen molar-refractivity contribution in [3.05, 3.63) is 28.5 Å². The lowest BCUT2D eigenvalue weighted by atomic mass is 10.1. The Balaban J connectivity index is 3.02. The predicted octanol–water partition coefficient (Wildman–Crippen LogP) is 2.88. The Morgan fingerprint density at radius 2 is 2.00 bits per heavy atom. The fourth-order valence-electron chi connectivity index (χ4n) is 1.36. The van der Waals surface area contributed by atoms with Gasteiger partial charge in [0.1, 0.15) is 0 Å². The molecule has 0 saturated carbocycles. The molecule has 14 heavy (non-hydrogen) atoms. The zero-order valence-electron chi connectivity index (χ0n) is 7.44. The third kappa shape index (κ3) is 1.24. The highest BCUT2D eigenvalue weighted by atomic mass is 32.1. The number of rotatable bonds is 0. The zero-order chi connectivity index (χ0) is 10.3. The lowest BCUT2D eigenvalue weighted by molar-refractivity contribution is 0.399. The highest BCUT2D eigenvalue weighted by molar-refractivity contribution is 7.71. The normalized spacial score (nSPS) is 10.6. The molecule has 0 spiro atoms. The molecular weight excluding hydrogens is 200 g/mol. The number of aromatic hydroxyl groups is 2. The van der Waals surface area contributed by atoms with E-state index in [-0.39, 0.29) is 21.8 Å². The average molecular weight is 208 g/mol. The standard InChI is InChI=1S/C10H8O3S/c1-5-4-8(14)13-10-6(5)2-3-7(11)9(10)12/h2-4,11-12H,1H3. The minimum Gasteiger partial charge on any atom is -0.504 e. The second-order valence-corrected chi connectivity index (χ2v) is 3.46. The van der Waals surface area contributed by atoms with Crippen LogP contribution in [0.15, 0.2) is 22.6 Å². The molecule has 0 amide bonds. The Kier molecular flexibility index (Phi) is 1.93. The summed E-state index contributed by atoms with van der Waals surface area (Å²) in [5, 5.41) is 19.5. The molecule has 72 valence electrons. The number of fused-ring (bicyclic) bond motifs is 1. The van der Waals surface area contributed by atoms with Gasteiger partial charge in [0.2, 0.25) is 5.75 Å². The second-order valence-electron chi connectivity index (χ2n) is 3.06. The van der Waals surface area contributed by atoms with Gasteiger partial charge in [-0.05, 0) is 42.9 Å². The van der Waals surface area contributed by atoms with Crippen LogP contribution in [0.5, 0.6) is 11.5 Å². The molecule has 4 heteroatoms. The van der Waals surface area contributed by atoms with Gasteiger partial charge in [0, 0.05) is 5.39 Å². The smallest absolute Gasteiger partial charge is 0.201 e. The maximum atomic E-state index is 9.52. The van der Waals surface area contributed by atoms with Gasteiger partial charge >= 0.3 is 0 Å². The molecule has 0 unspecified atom stereocenters. The zero-order valence-corrected chi connectivity index (χ0v) is 8.26. The van der Waals surface area contributed by atoms with Crippen LogP contribution in [0.25, 0.3) is 11.0 Å². The van der Waals surface area contributed by atoms with E-state index < -0.39 is 0 Å². The van der Waals surface area contributed by atoms with E-state index in [0.717, 1.165) is 10.9 Å². The van der Waals surface area contributed by atoms with E-state index in [1.807, 2.05) is 6.92 Å². The van der Waals surface area contributed by atoms with E-state index >= 15 is 0 Å². The molecule has 0 aliphatic heterocycles. The maximum Gasteiger partial charge on any atom is 0.201 e. The number of phenolic OH excluding ortho intramolecular Hbond substituents is 2. The lowest BCUT2D eigenvalue weighted by Gasteiger charge is -2.03. The summed E-state index contributed by atoms with van der Waals surface area (Å²) in [4.78, 5) is 0. The molecule has 0 bridgehead atoms. The third-order valence-electron chi connectivity index (χ3n) is 2.07. The first-order valence-electron chi connectivity index (χ1n) is 4.05. The molecule has 0 aliphatic rings. The Hall–Kier alpha value is -1.55. The third-order valence-corrected chi connectivity index (χ3v) is 2.27. The van der Waals surface area contributed by atoms with E-state index in [2.05, 4.69) is 0 Å². The van der Waals surface area contributed by atoms with Crippen molar-refractivity contribution in [3.63, 3.8) is 0 Å². The predicted molar refractivity (Wildman–Crippen MR) is 55.1 cm³/mol. The lowest BCUT2D eigenvalue weighted by Crippen LogP contribution is -1.80. The van der Waals surface area contributed by atoms with Gasteiger partial charge in [-0.2, -0.15) is 0 Å². The molecule has 0 saturated heterocycles. The van der Waals surface area contributed by atoms with Crippen molar-refractivity contribution >= 4 is 23.2 Å². The first kappa shape index (κ1) is 9.02. The van der Waals surface area contributed by atoms with Crippen molar-refractivity contribution in [1.29, 1.82) is 0 Å². The van der Waals surface area contributed by atoms with Gasteiger partial charge in [-0.15, -0.1) is 0 Å². The summed E-state index contributed by atoms with van der Waals surface area (Å²) < 4.78 is 5.45. The first-order chi connectivity index (χ1) is 6.59. The fraction of sp³-hybridized carbons (Fsp3) is 0.100. The van der Waals surface area contributed by atoms with Crippen molar-refractivity contribution < 1.29 is 14.6 Å². The van der Waals surface area contributed by atoms with Gasteiger partial charge in [-0.3, -0.25) is 0 Å². The summed E-state index contributed by atoms with van der Waals surface area (Å²) in [5.41, 5.74) is 1.14. The number of hydrogen-bond donors (Lipinski definition) is 2. The first-order valence-corrected chi connectivity index (χ1v) is 4.46. The van der Waals surface area contributed by atoms with Crippen molar-refractivity contribution in [2.45, 2.75) is 6.92 Å². The Morgan fingerprint density at radius 1 is 1.29 bits per heavy atom. The van der Waals surface area contributed by atoms with E-state index in [1.165, 1.54) is 6.07 Å². The molecule has 0 atom stereocenters. The van der Waals surface area contributed by atoms with Crippen LogP contribution in [0.4, 0.5) is 0 Å². The van der Waals surface area contributed by atoms with Gasteiger partial charge < -0.3 is 14.6 Å². The molecule has 1 aromatic heterocycles. The molecule has 2 rings (SSSR count). The summed E-state index contributed by atoms with van der Waals surface area (Å²) in [6.45, 7) is 1.87. The van der Waals surface area contributed by atoms with Gasteiger partial charge in [0.15, 0.2) is 16.0 Å². The van der Waals surface area contributed by atoms with Gasteiger partial charge in [0.25, 0.3) is 0 Å². The molecule has 3 nitrogen and oxygen atoms in total. The Bertz CT molecular complexity index is 557. The van der Waals surface area contributed by atoms with Crippen LogP contribution < -0.4 is 0 Å². The molecule has 0 radical (unpaired) electrons. The summed E-state index contributed by atoms with van der Waals surface area (Å²) in [5.74, 6) is -0.474. The van der Waals surface area contributed by atoms with Crippen LogP contribution in [0, 0.1) is 11.6 Å². The SMILES string of the molecule is Cc1cc(=S)oc2c(O)c(O)ccc12. The van der Waals surface area contributed by atoms with Crippen molar-refractivity contribution in [2.75, 3.05) is 0 Å². The minimum atomic E-state index is -0.266. The van der Waals surface area contributed by atoms with Crippen LogP contribution in [0.1, 0.15) is 5.56 Å². The number of benzene rings is 1. The molecule has 1 heterocycles. The summed E-state index contributed by atoms with van der Waals surface area (Å²) in [6, 6.07) is 4.80. The van der Waals surface area contributed by atoms with Crippen LogP contribution in [-0.2, 0) is 0 Å². The topological polar surface area (TPSA) is 53.6 Å². The molecular formula is C10H8O3S. The average Bonchev–Trinajstić information content (AvgIpc) is 2.12. The van der Waals surface area contributed by atoms with Crippen LogP contribution in [0.3, 0.4) is 0 Å². The van der Waals surface area contributed by atoms with Gasteiger partial charge in [-0.1, -0.05) is 0 Å². The highest BCUT2D eigenvalue weighted by Gasteiger charge is 2.09. The monoisotopic (exact) mass is 208 g/mol. The second kappa shape index (κ2) is 2.99. The van der Waals surface area contributed by atoms with Crippen molar-refractivity contribution in [2.24, 2.45) is 0 Å². The maximum absolute atomic E-state index is 9.52. The fourth-order valence-corrected chi connectivity index (χ4v) is 1.62. The van der Waals surface area contributed by atoms with Gasteiger partial charge in [-0.25, -0.2) is 0 Å². The molecule has 0 fully saturated rings. The number of phenols is 2. The number of hydrogen-bond acceptors (Lipinski definition) is 4. The highest BCUT2D eigenvalue weighted by Crippen LogP contribution is 2.34. The largest absolute Gasteiger partial charge is 0.504 e. The quantitative estimate of drug-likeness (QED) is 0.516. The Morgan fingerprint density at radius 3 is 2.71 bits per heavy atom. The van der Waals surface area contributed by atoms with E-state index in [9.17, 15) is 10.2 Å². The van der Waals surface area contributed by atoms with E-state index in [4.69, 9.17) is 16.6 Å².